The minimum absolute atomic E-state index is 0. The Bertz CT molecular complexity index is 1460. The molecule has 0 heterocycles. The monoisotopic (exact) mass is 728 g/mol. The Morgan fingerprint density at radius 2 is 0.659 bits per heavy atom. The number of carbonyl (C=O) groups is 2. The van der Waals surface area contributed by atoms with Gasteiger partial charge >= 0.3 is 23.9 Å². The molecule has 5 rings (SSSR count). The van der Waals surface area contributed by atoms with E-state index in [0.717, 1.165) is 12.2 Å². The van der Waals surface area contributed by atoms with E-state index in [4.69, 9.17) is 0 Å². The van der Waals surface area contributed by atoms with Gasteiger partial charge in [-0.05, 0) is 30.2 Å². The van der Waals surface area contributed by atoms with Crippen molar-refractivity contribution in [1.82, 2.24) is 0 Å². The maximum atomic E-state index is 11.8. The van der Waals surface area contributed by atoms with Crippen LogP contribution in [0.25, 0.3) is 11.5 Å². The van der Waals surface area contributed by atoms with Crippen LogP contribution in [0, 0.1) is 6.92 Å². The summed E-state index contributed by atoms with van der Waals surface area (Å²) in [6.07, 6.45) is 2.26. The molecule has 7 heteroatoms. The molecule has 5 aromatic rings. The van der Waals surface area contributed by atoms with Crippen molar-refractivity contribution in [2.24, 2.45) is 0 Å². The Kier molecular flexibility index (Phi) is 20.3. The fourth-order valence-corrected chi connectivity index (χ4v) is 3.52. The summed E-state index contributed by atoms with van der Waals surface area (Å²) in [6, 6.07) is 45.3. The quantitative estimate of drug-likeness (QED) is 0.108. The SMILES string of the molecule is Cc1ccccc1.O=C(/C=C(\[O-])c1ccccc1)c1ccccc1.O=C(/C=C(\[O-])c1ccccc1)c1ccccc1.[Cl-].[Cl-].[Sn+4]. The zero-order valence-electron chi connectivity index (χ0n) is 24.0. The Balaban J connectivity index is 0.000000655. The van der Waals surface area contributed by atoms with Crippen molar-refractivity contribution in [3.8, 4) is 0 Å². The summed E-state index contributed by atoms with van der Waals surface area (Å²) in [7, 11) is 0. The number of halogens is 2. The number of hydrogen-bond acceptors (Lipinski definition) is 4. The van der Waals surface area contributed by atoms with Gasteiger partial charge in [0, 0.05) is 11.1 Å². The van der Waals surface area contributed by atoms with Gasteiger partial charge in [-0.15, -0.1) is 0 Å². The van der Waals surface area contributed by atoms with Gasteiger partial charge in [-0.25, -0.2) is 0 Å². The van der Waals surface area contributed by atoms with Crippen LogP contribution in [-0.2, 0) is 0 Å². The molecular weight excluding hydrogens is 698 g/mol. The number of ketones is 2. The van der Waals surface area contributed by atoms with E-state index in [0.29, 0.717) is 22.3 Å². The van der Waals surface area contributed by atoms with Crippen LogP contribution in [0.2, 0.25) is 0 Å². The molecule has 0 bridgehead atoms. The molecule has 0 spiro atoms. The summed E-state index contributed by atoms with van der Waals surface area (Å²) in [5.41, 5.74) is 3.42. The van der Waals surface area contributed by atoms with E-state index in [2.05, 4.69) is 19.1 Å². The molecule has 0 aliphatic carbocycles. The van der Waals surface area contributed by atoms with Crippen molar-refractivity contribution < 1.29 is 44.6 Å². The van der Waals surface area contributed by atoms with Crippen LogP contribution in [0.4, 0.5) is 0 Å². The smallest absolute Gasteiger partial charge is 1.00 e. The second-order valence-corrected chi connectivity index (χ2v) is 8.86. The summed E-state index contributed by atoms with van der Waals surface area (Å²) in [4.78, 5) is 23.5. The third kappa shape index (κ3) is 14.4. The van der Waals surface area contributed by atoms with Gasteiger partial charge in [0.25, 0.3) is 0 Å². The van der Waals surface area contributed by atoms with Crippen molar-refractivity contribution >= 4 is 47.0 Å². The average Bonchev–Trinajstić information content (AvgIpc) is 3.03. The number of benzene rings is 5. The summed E-state index contributed by atoms with van der Waals surface area (Å²) >= 11 is 0. The second kappa shape index (κ2) is 22.4. The Morgan fingerprint density at radius 1 is 0.432 bits per heavy atom. The Labute approximate surface area is 288 Å². The van der Waals surface area contributed by atoms with Crippen LogP contribution >= 0.6 is 0 Å². The predicted molar refractivity (Wildman–Crippen MR) is 167 cm³/mol. The summed E-state index contributed by atoms with van der Waals surface area (Å²) in [5.74, 6) is -1.06. The zero-order valence-corrected chi connectivity index (χ0v) is 28.3. The normalized spacial score (nSPS) is 10.0. The van der Waals surface area contributed by atoms with Crippen LogP contribution in [0.1, 0.15) is 37.4 Å². The first-order chi connectivity index (χ1) is 19.9. The molecule has 0 unspecified atom stereocenters. The van der Waals surface area contributed by atoms with E-state index in [1.807, 2.05) is 42.5 Å². The van der Waals surface area contributed by atoms with Gasteiger partial charge in [-0.1, -0.05) is 169 Å². The molecule has 0 aliphatic heterocycles. The van der Waals surface area contributed by atoms with Gasteiger partial charge < -0.3 is 35.0 Å². The molecule has 220 valence electrons. The van der Waals surface area contributed by atoms with Crippen molar-refractivity contribution in [2.45, 2.75) is 6.92 Å². The Hall–Kier alpha value is -4.10. The maximum Gasteiger partial charge on any atom is 4.00 e. The number of rotatable bonds is 6. The van der Waals surface area contributed by atoms with E-state index in [9.17, 15) is 19.8 Å². The molecule has 0 radical (unpaired) electrons. The molecule has 0 fully saturated rings. The van der Waals surface area contributed by atoms with Gasteiger partial charge in [0.15, 0.2) is 11.6 Å². The number of aryl methyl sites for hydroxylation is 1. The van der Waals surface area contributed by atoms with Crippen molar-refractivity contribution in [3.63, 3.8) is 0 Å². The fraction of sp³-hybridized carbons (Fsp3) is 0.0270. The maximum absolute atomic E-state index is 11.8. The first kappa shape index (κ1) is 39.9. The minimum atomic E-state index is -0.264. The topological polar surface area (TPSA) is 80.3 Å². The molecule has 4 nitrogen and oxygen atoms in total. The van der Waals surface area contributed by atoms with Crippen molar-refractivity contribution in [2.75, 3.05) is 0 Å². The first-order valence-electron chi connectivity index (χ1n) is 13.0. The molecule has 0 saturated carbocycles. The van der Waals surface area contributed by atoms with Gasteiger partial charge in [-0.2, -0.15) is 0 Å². The summed E-state index contributed by atoms with van der Waals surface area (Å²) in [6.45, 7) is 2.08. The predicted octanol–water partition coefficient (Wildman–Crippen LogP) is 0.164. The van der Waals surface area contributed by atoms with Crippen LogP contribution in [0.3, 0.4) is 0 Å². The van der Waals surface area contributed by atoms with Gasteiger partial charge in [-0.3, -0.25) is 9.59 Å². The number of allylic oxidation sites excluding steroid dienone is 2. The molecule has 0 aliphatic rings. The Morgan fingerprint density at radius 3 is 0.886 bits per heavy atom. The van der Waals surface area contributed by atoms with Crippen LogP contribution < -0.4 is 35.0 Å². The third-order valence-corrected chi connectivity index (χ3v) is 5.70. The van der Waals surface area contributed by atoms with Crippen molar-refractivity contribution in [3.05, 3.63) is 192 Å². The van der Waals surface area contributed by atoms with E-state index in [1.165, 1.54) is 5.56 Å². The van der Waals surface area contributed by atoms with E-state index in [1.54, 1.807) is 97.1 Å². The van der Waals surface area contributed by atoms with Crippen LogP contribution in [-0.4, -0.2) is 35.5 Å². The minimum Gasteiger partial charge on any atom is -1.00 e. The standard InChI is InChI=1S/2C15H12O2.C7H8.2ClH.Sn/c2*16-14(12-7-3-1-4-8-12)11-15(17)13-9-5-2-6-10-13;1-7-5-3-2-4-6-7;;;/h2*1-11,16H;2-6H,1H3;2*1H;/q;;;;;+4/p-4/b2*14-11-;;;;. The molecular formula is C37H30Cl2O4Sn. The zero-order chi connectivity index (χ0) is 29.3. The average molecular weight is 728 g/mol. The van der Waals surface area contributed by atoms with E-state index < -0.39 is 0 Å². The van der Waals surface area contributed by atoms with E-state index >= 15 is 0 Å². The van der Waals surface area contributed by atoms with Crippen LogP contribution in [0.5, 0.6) is 0 Å². The van der Waals surface area contributed by atoms with Crippen molar-refractivity contribution in [1.29, 1.82) is 0 Å². The van der Waals surface area contributed by atoms with Crippen LogP contribution in [0.15, 0.2) is 164 Å². The molecule has 0 saturated heterocycles. The molecule has 5 aromatic carbocycles. The largest absolute Gasteiger partial charge is 4.00 e. The van der Waals surface area contributed by atoms with Gasteiger partial charge in [0.2, 0.25) is 0 Å². The molecule has 0 amide bonds. The third-order valence-electron chi connectivity index (χ3n) is 5.70. The molecule has 0 atom stereocenters. The fourth-order valence-electron chi connectivity index (χ4n) is 3.52. The molecule has 44 heavy (non-hydrogen) atoms. The summed E-state index contributed by atoms with van der Waals surface area (Å²) in [5, 5.41) is 23.5. The number of carbonyl (C=O) groups excluding carboxylic acids is 2. The van der Waals surface area contributed by atoms with E-state index in [-0.39, 0.29) is 71.8 Å². The molecule has 0 N–H and O–H groups in total. The molecule has 0 aromatic heterocycles. The summed E-state index contributed by atoms with van der Waals surface area (Å²) < 4.78 is 0. The number of hydrogen-bond donors (Lipinski definition) is 0. The van der Waals surface area contributed by atoms with Gasteiger partial charge in [0.1, 0.15) is 0 Å². The van der Waals surface area contributed by atoms with Gasteiger partial charge in [0.05, 0.1) is 0 Å². The second-order valence-electron chi connectivity index (χ2n) is 8.86. The first-order valence-corrected chi connectivity index (χ1v) is 13.0.